The molecule has 0 fully saturated rings. The molecule has 0 bridgehead atoms. The lowest BCUT2D eigenvalue weighted by atomic mass is 10.3. The van der Waals surface area contributed by atoms with Gasteiger partial charge in [0.05, 0.1) is 7.11 Å². The van der Waals surface area contributed by atoms with E-state index in [9.17, 15) is 9.59 Å². The Morgan fingerprint density at radius 3 is 2.59 bits per heavy atom. The summed E-state index contributed by atoms with van der Waals surface area (Å²) in [6.45, 7) is 6.22. The topological polar surface area (TPSA) is 67.9 Å². The molecule has 0 atom stereocenters. The second kappa shape index (κ2) is 9.44. The van der Waals surface area contributed by atoms with Gasteiger partial charge in [-0.1, -0.05) is 18.2 Å². The van der Waals surface area contributed by atoms with E-state index in [-0.39, 0.29) is 18.4 Å². The van der Waals surface area contributed by atoms with Crippen LogP contribution in [0.4, 0.5) is 0 Å². The van der Waals surface area contributed by atoms with Crippen LogP contribution < -0.4 is 14.8 Å². The van der Waals surface area contributed by atoms with Gasteiger partial charge in [0, 0.05) is 26.6 Å². The SMILES string of the molecule is C=CCN(CCNC(=O)COc1ccccc1OC)C(C)=O. The minimum Gasteiger partial charge on any atom is -0.493 e. The lowest BCUT2D eigenvalue weighted by molar-refractivity contribution is -0.129. The third kappa shape index (κ3) is 5.87. The van der Waals surface area contributed by atoms with Gasteiger partial charge in [-0.3, -0.25) is 9.59 Å². The van der Waals surface area contributed by atoms with Crippen LogP contribution in [0.3, 0.4) is 0 Å². The molecule has 1 aromatic rings. The Bertz CT molecular complexity index is 517. The van der Waals surface area contributed by atoms with E-state index in [4.69, 9.17) is 9.47 Å². The van der Waals surface area contributed by atoms with E-state index in [0.29, 0.717) is 31.1 Å². The maximum absolute atomic E-state index is 11.7. The highest BCUT2D eigenvalue weighted by Crippen LogP contribution is 2.25. The number of hydrogen-bond donors (Lipinski definition) is 1. The molecule has 6 heteroatoms. The number of rotatable bonds is 9. The number of hydrogen-bond acceptors (Lipinski definition) is 4. The van der Waals surface area contributed by atoms with Crippen molar-refractivity contribution in [3.05, 3.63) is 36.9 Å². The van der Waals surface area contributed by atoms with Crippen molar-refractivity contribution < 1.29 is 19.1 Å². The van der Waals surface area contributed by atoms with Gasteiger partial charge < -0.3 is 19.7 Å². The predicted octanol–water partition coefficient (Wildman–Crippen LogP) is 1.22. The smallest absolute Gasteiger partial charge is 0.258 e. The van der Waals surface area contributed by atoms with Gasteiger partial charge in [0.15, 0.2) is 18.1 Å². The van der Waals surface area contributed by atoms with E-state index in [2.05, 4.69) is 11.9 Å². The van der Waals surface area contributed by atoms with Crippen molar-refractivity contribution in [3.8, 4) is 11.5 Å². The van der Waals surface area contributed by atoms with Gasteiger partial charge in [0.25, 0.3) is 5.91 Å². The van der Waals surface area contributed by atoms with E-state index in [0.717, 1.165) is 0 Å². The van der Waals surface area contributed by atoms with Gasteiger partial charge in [-0.2, -0.15) is 0 Å². The van der Waals surface area contributed by atoms with Crippen LogP contribution in [-0.4, -0.2) is 50.1 Å². The number of amides is 2. The summed E-state index contributed by atoms with van der Waals surface area (Å²) in [5, 5.41) is 2.70. The van der Waals surface area contributed by atoms with Crippen LogP contribution in [0.1, 0.15) is 6.92 Å². The summed E-state index contributed by atoms with van der Waals surface area (Å²) in [6, 6.07) is 7.11. The first-order valence-corrected chi connectivity index (χ1v) is 6.97. The third-order valence-electron chi connectivity index (χ3n) is 2.93. The molecule has 1 rings (SSSR count). The van der Waals surface area contributed by atoms with Crippen molar-refractivity contribution in [1.82, 2.24) is 10.2 Å². The molecule has 0 aromatic heterocycles. The molecule has 2 amide bonds. The molecule has 0 aliphatic rings. The highest BCUT2D eigenvalue weighted by Gasteiger charge is 2.09. The number of carbonyl (C=O) groups excluding carboxylic acids is 2. The Labute approximate surface area is 130 Å². The summed E-state index contributed by atoms with van der Waals surface area (Å²) < 4.78 is 10.5. The number of ether oxygens (including phenoxy) is 2. The van der Waals surface area contributed by atoms with E-state index >= 15 is 0 Å². The molecule has 1 aromatic carbocycles. The Hall–Kier alpha value is -2.50. The molecule has 0 unspecified atom stereocenters. The maximum Gasteiger partial charge on any atom is 0.258 e. The van der Waals surface area contributed by atoms with Crippen LogP contribution in [0.5, 0.6) is 11.5 Å². The van der Waals surface area contributed by atoms with E-state index in [1.807, 2.05) is 6.07 Å². The molecular formula is C16H22N2O4. The monoisotopic (exact) mass is 306 g/mol. The fourth-order valence-electron chi connectivity index (χ4n) is 1.80. The molecule has 0 aliphatic heterocycles. The summed E-state index contributed by atoms with van der Waals surface area (Å²) in [4.78, 5) is 24.6. The second-order valence-electron chi connectivity index (χ2n) is 4.54. The summed E-state index contributed by atoms with van der Waals surface area (Å²) in [5.41, 5.74) is 0. The van der Waals surface area contributed by atoms with Gasteiger partial charge in [-0.15, -0.1) is 6.58 Å². The summed E-state index contributed by atoms with van der Waals surface area (Å²) in [7, 11) is 1.54. The first-order chi connectivity index (χ1) is 10.6. The highest BCUT2D eigenvalue weighted by molar-refractivity contribution is 5.77. The standard InChI is InChI=1S/C16H22N2O4/c1-4-10-18(13(2)19)11-9-17-16(20)12-22-15-8-6-5-7-14(15)21-3/h4-8H,1,9-12H2,2-3H3,(H,17,20). The summed E-state index contributed by atoms with van der Waals surface area (Å²) >= 11 is 0. The van der Waals surface area contributed by atoms with Crippen LogP contribution in [-0.2, 0) is 9.59 Å². The van der Waals surface area contributed by atoms with Crippen molar-refractivity contribution in [1.29, 1.82) is 0 Å². The first kappa shape index (κ1) is 17.6. The number of nitrogens with one attached hydrogen (secondary N) is 1. The molecule has 0 aliphatic carbocycles. The minimum absolute atomic E-state index is 0.0561. The van der Waals surface area contributed by atoms with Crippen molar-refractivity contribution in [2.75, 3.05) is 33.4 Å². The van der Waals surface area contributed by atoms with Crippen molar-refractivity contribution in [2.45, 2.75) is 6.92 Å². The number of carbonyl (C=O) groups is 2. The molecule has 0 heterocycles. The number of para-hydroxylation sites is 2. The van der Waals surface area contributed by atoms with Crippen molar-refractivity contribution in [3.63, 3.8) is 0 Å². The molecule has 0 saturated heterocycles. The van der Waals surface area contributed by atoms with Crippen LogP contribution in [0.2, 0.25) is 0 Å². The molecule has 0 radical (unpaired) electrons. The second-order valence-corrected chi connectivity index (χ2v) is 4.54. The summed E-state index contributed by atoms with van der Waals surface area (Å²) in [5.74, 6) is 0.772. The number of nitrogens with zero attached hydrogens (tertiary/aromatic N) is 1. The van der Waals surface area contributed by atoms with Gasteiger partial charge in [0.1, 0.15) is 0 Å². The van der Waals surface area contributed by atoms with Gasteiger partial charge in [0.2, 0.25) is 5.91 Å². The largest absolute Gasteiger partial charge is 0.493 e. The maximum atomic E-state index is 11.7. The van der Waals surface area contributed by atoms with E-state index in [1.54, 1.807) is 29.2 Å². The Morgan fingerprint density at radius 2 is 2.00 bits per heavy atom. The molecule has 120 valence electrons. The first-order valence-electron chi connectivity index (χ1n) is 6.97. The zero-order valence-electron chi connectivity index (χ0n) is 13.0. The number of benzene rings is 1. The molecule has 0 saturated carbocycles. The van der Waals surface area contributed by atoms with Gasteiger partial charge in [-0.05, 0) is 12.1 Å². The molecule has 0 spiro atoms. The van der Waals surface area contributed by atoms with Crippen LogP contribution >= 0.6 is 0 Å². The lowest BCUT2D eigenvalue weighted by Crippen LogP contribution is -2.39. The van der Waals surface area contributed by atoms with Crippen molar-refractivity contribution >= 4 is 11.8 Å². The van der Waals surface area contributed by atoms with Crippen LogP contribution in [0.15, 0.2) is 36.9 Å². The fraction of sp³-hybridized carbons (Fsp3) is 0.375. The van der Waals surface area contributed by atoms with E-state index < -0.39 is 0 Å². The Kier molecular flexibility index (Phi) is 7.53. The van der Waals surface area contributed by atoms with Gasteiger partial charge in [-0.25, -0.2) is 0 Å². The Balaban J connectivity index is 2.34. The predicted molar refractivity (Wildman–Crippen MR) is 83.9 cm³/mol. The zero-order valence-corrected chi connectivity index (χ0v) is 13.0. The molecule has 22 heavy (non-hydrogen) atoms. The molecule has 1 N–H and O–H groups in total. The van der Waals surface area contributed by atoms with Crippen molar-refractivity contribution in [2.24, 2.45) is 0 Å². The third-order valence-corrected chi connectivity index (χ3v) is 2.93. The Morgan fingerprint density at radius 1 is 1.32 bits per heavy atom. The molecular weight excluding hydrogens is 284 g/mol. The van der Waals surface area contributed by atoms with Gasteiger partial charge >= 0.3 is 0 Å². The quantitative estimate of drug-likeness (QED) is 0.697. The normalized spacial score (nSPS) is 9.73. The van der Waals surface area contributed by atoms with Crippen LogP contribution in [0.25, 0.3) is 0 Å². The number of methoxy groups -OCH3 is 1. The minimum atomic E-state index is -0.256. The average Bonchev–Trinajstić information content (AvgIpc) is 2.52. The van der Waals surface area contributed by atoms with Crippen LogP contribution in [0, 0.1) is 0 Å². The lowest BCUT2D eigenvalue weighted by Gasteiger charge is -2.19. The van der Waals surface area contributed by atoms with E-state index in [1.165, 1.54) is 14.0 Å². The highest BCUT2D eigenvalue weighted by atomic mass is 16.5. The fourth-order valence-corrected chi connectivity index (χ4v) is 1.80. The molecule has 6 nitrogen and oxygen atoms in total. The summed E-state index contributed by atoms with van der Waals surface area (Å²) in [6.07, 6.45) is 1.65. The average molecular weight is 306 g/mol. The zero-order chi connectivity index (χ0) is 16.4.